The van der Waals surface area contributed by atoms with Crippen LogP contribution in [0.4, 0.5) is 0 Å². The molecule has 0 unspecified atom stereocenters. The molecule has 1 N–H and O–H groups in total. The monoisotopic (exact) mass is 263 g/mol. The maximum Gasteiger partial charge on any atom is 0.226 e. The lowest BCUT2D eigenvalue weighted by molar-refractivity contribution is -0.129. The van der Waals surface area contributed by atoms with E-state index in [9.17, 15) is 9.90 Å². The van der Waals surface area contributed by atoms with Crippen LogP contribution in [0.25, 0.3) is 0 Å². The first-order valence-corrected chi connectivity index (χ1v) is 6.75. The van der Waals surface area contributed by atoms with E-state index < -0.39 is 0 Å². The van der Waals surface area contributed by atoms with Crippen LogP contribution in [0.2, 0.25) is 0 Å². The molecule has 1 fully saturated rings. The fourth-order valence-corrected chi connectivity index (χ4v) is 1.82. The highest BCUT2D eigenvalue weighted by Crippen LogP contribution is 2.28. The standard InChI is InChI=1S/C15H21NO3/c1-16(8-9-19-11-12-6-7-12)15(18)10-13-4-2-3-5-14(13)17/h2-5,12,17H,6-11H2,1H3. The molecule has 0 saturated heterocycles. The predicted molar refractivity (Wildman–Crippen MR) is 73.0 cm³/mol. The summed E-state index contributed by atoms with van der Waals surface area (Å²) in [5, 5.41) is 9.63. The van der Waals surface area contributed by atoms with E-state index in [0.717, 1.165) is 12.5 Å². The van der Waals surface area contributed by atoms with Gasteiger partial charge in [0.2, 0.25) is 5.91 Å². The van der Waals surface area contributed by atoms with Crippen LogP contribution in [0.5, 0.6) is 5.75 Å². The number of likely N-dealkylation sites (N-methyl/N-ethyl adjacent to an activating group) is 1. The number of hydrogen-bond acceptors (Lipinski definition) is 3. The predicted octanol–water partition coefficient (Wildman–Crippen LogP) is 1.82. The molecule has 1 amide bonds. The van der Waals surface area contributed by atoms with Gasteiger partial charge < -0.3 is 14.7 Å². The Hall–Kier alpha value is -1.55. The molecule has 0 heterocycles. The minimum atomic E-state index is -0.00322. The topological polar surface area (TPSA) is 49.8 Å². The number of carbonyl (C=O) groups excluding carboxylic acids is 1. The first kappa shape index (κ1) is 13.9. The highest BCUT2D eigenvalue weighted by Gasteiger charge is 2.21. The second-order valence-corrected chi connectivity index (χ2v) is 5.14. The number of amides is 1. The zero-order chi connectivity index (χ0) is 13.7. The Morgan fingerprint density at radius 2 is 2.16 bits per heavy atom. The van der Waals surface area contributed by atoms with Crippen molar-refractivity contribution in [3.63, 3.8) is 0 Å². The molecular formula is C15H21NO3. The SMILES string of the molecule is CN(CCOCC1CC1)C(=O)Cc1ccccc1O. The first-order valence-electron chi connectivity index (χ1n) is 6.75. The lowest BCUT2D eigenvalue weighted by Crippen LogP contribution is -2.31. The largest absolute Gasteiger partial charge is 0.508 e. The molecule has 4 nitrogen and oxygen atoms in total. The van der Waals surface area contributed by atoms with E-state index in [1.165, 1.54) is 12.8 Å². The number of ether oxygens (including phenoxy) is 1. The number of rotatable bonds is 7. The quantitative estimate of drug-likeness (QED) is 0.763. The highest BCUT2D eigenvalue weighted by molar-refractivity contribution is 5.79. The zero-order valence-corrected chi connectivity index (χ0v) is 11.3. The Balaban J connectivity index is 1.70. The van der Waals surface area contributed by atoms with Gasteiger partial charge in [0, 0.05) is 25.8 Å². The molecule has 1 saturated carbocycles. The molecule has 19 heavy (non-hydrogen) atoms. The van der Waals surface area contributed by atoms with Crippen molar-refractivity contribution in [1.29, 1.82) is 0 Å². The maximum absolute atomic E-state index is 12.0. The number of phenols is 1. The van der Waals surface area contributed by atoms with E-state index in [-0.39, 0.29) is 18.1 Å². The third-order valence-corrected chi connectivity index (χ3v) is 3.38. The number of aromatic hydroxyl groups is 1. The third kappa shape index (κ3) is 4.56. The number of hydrogen-bond donors (Lipinski definition) is 1. The average Bonchev–Trinajstić information content (AvgIpc) is 3.21. The second-order valence-electron chi connectivity index (χ2n) is 5.14. The molecule has 4 heteroatoms. The van der Waals surface area contributed by atoms with Crippen LogP contribution in [0.1, 0.15) is 18.4 Å². The summed E-state index contributed by atoms with van der Waals surface area (Å²) in [6.45, 7) is 2.00. The first-order chi connectivity index (χ1) is 9.16. The van der Waals surface area contributed by atoms with Crippen molar-refractivity contribution in [2.75, 3.05) is 26.8 Å². The van der Waals surface area contributed by atoms with Crippen molar-refractivity contribution in [3.8, 4) is 5.75 Å². The van der Waals surface area contributed by atoms with E-state index in [1.54, 1.807) is 30.1 Å². The molecule has 1 aliphatic rings. The van der Waals surface area contributed by atoms with Crippen molar-refractivity contribution >= 4 is 5.91 Å². The second kappa shape index (κ2) is 6.57. The summed E-state index contributed by atoms with van der Waals surface area (Å²) in [4.78, 5) is 13.6. The molecule has 1 aromatic rings. The van der Waals surface area contributed by atoms with Crippen LogP contribution >= 0.6 is 0 Å². The van der Waals surface area contributed by atoms with E-state index >= 15 is 0 Å². The molecule has 0 spiro atoms. The van der Waals surface area contributed by atoms with Crippen molar-refractivity contribution in [2.45, 2.75) is 19.3 Å². The minimum Gasteiger partial charge on any atom is -0.508 e. The normalized spacial score (nSPS) is 14.4. The average molecular weight is 263 g/mol. The van der Waals surface area contributed by atoms with Gasteiger partial charge in [0.05, 0.1) is 13.0 Å². The van der Waals surface area contributed by atoms with Gasteiger partial charge in [0.25, 0.3) is 0 Å². The van der Waals surface area contributed by atoms with Gasteiger partial charge in [-0.1, -0.05) is 18.2 Å². The smallest absolute Gasteiger partial charge is 0.226 e. The van der Waals surface area contributed by atoms with Gasteiger partial charge >= 0.3 is 0 Å². The van der Waals surface area contributed by atoms with Crippen LogP contribution in [0.15, 0.2) is 24.3 Å². The van der Waals surface area contributed by atoms with Gasteiger partial charge in [0.1, 0.15) is 5.75 Å². The summed E-state index contributed by atoms with van der Waals surface area (Å²) < 4.78 is 5.51. The van der Waals surface area contributed by atoms with Gasteiger partial charge in [-0.05, 0) is 24.8 Å². The molecule has 1 aromatic carbocycles. The van der Waals surface area contributed by atoms with E-state index in [0.29, 0.717) is 18.7 Å². The van der Waals surface area contributed by atoms with E-state index in [4.69, 9.17) is 4.74 Å². The Morgan fingerprint density at radius 3 is 2.84 bits per heavy atom. The summed E-state index contributed by atoms with van der Waals surface area (Å²) in [5.41, 5.74) is 0.665. The maximum atomic E-state index is 12.0. The summed E-state index contributed by atoms with van der Waals surface area (Å²) >= 11 is 0. The summed E-state index contributed by atoms with van der Waals surface area (Å²) in [5.74, 6) is 0.924. The number of para-hydroxylation sites is 1. The van der Waals surface area contributed by atoms with E-state index in [2.05, 4.69) is 0 Å². The van der Waals surface area contributed by atoms with Gasteiger partial charge in [-0.25, -0.2) is 0 Å². The lowest BCUT2D eigenvalue weighted by atomic mass is 10.1. The Kier molecular flexibility index (Phi) is 4.80. The molecule has 0 radical (unpaired) electrons. The van der Waals surface area contributed by atoms with Crippen LogP contribution < -0.4 is 0 Å². The summed E-state index contributed by atoms with van der Waals surface area (Å²) in [6.07, 6.45) is 2.79. The van der Waals surface area contributed by atoms with Crippen molar-refractivity contribution < 1.29 is 14.6 Å². The number of nitrogens with zero attached hydrogens (tertiary/aromatic N) is 1. The molecular weight excluding hydrogens is 242 g/mol. The lowest BCUT2D eigenvalue weighted by Gasteiger charge is -2.17. The van der Waals surface area contributed by atoms with Crippen LogP contribution in [-0.2, 0) is 16.0 Å². The molecule has 0 aliphatic heterocycles. The minimum absolute atomic E-state index is 0.00322. The molecule has 0 bridgehead atoms. The summed E-state index contributed by atoms with van der Waals surface area (Å²) in [6, 6.07) is 6.94. The number of phenolic OH excluding ortho intramolecular Hbond substituents is 1. The van der Waals surface area contributed by atoms with E-state index in [1.807, 2.05) is 6.07 Å². The fourth-order valence-electron chi connectivity index (χ4n) is 1.82. The Morgan fingerprint density at radius 1 is 1.42 bits per heavy atom. The van der Waals surface area contributed by atoms with Gasteiger partial charge in [0.15, 0.2) is 0 Å². The van der Waals surface area contributed by atoms with Crippen molar-refractivity contribution in [3.05, 3.63) is 29.8 Å². The Labute approximate surface area is 114 Å². The molecule has 1 aliphatic carbocycles. The highest BCUT2D eigenvalue weighted by atomic mass is 16.5. The Bertz CT molecular complexity index is 429. The van der Waals surface area contributed by atoms with Crippen molar-refractivity contribution in [2.24, 2.45) is 5.92 Å². The molecule has 104 valence electrons. The van der Waals surface area contributed by atoms with Gasteiger partial charge in [-0.15, -0.1) is 0 Å². The zero-order valence-electron chi connectivity index (χ0n) is 11.3. The summed E-state index contributed by atoms with van der Waals surface area (Å²) in [7, 11) is 1.77. The van der Waals surface area contributed by atoms with Crippen LogP contribution in [0, 0.1) is 5.92 Å². The molecule has 2 rings (SSSR count). The van der Waals surface area contributed by atoms with Crippen LogP contribution in [-0.4, -0.2) is 42.7 Å². The molecule has 0 atom stereocenters. The fraction of sp³-hybridized carbons (Fsp3) is 0.533. The number of benzene rings is 1. The molecule has 0 aromatic heterocycles. The number of carbonyl (C=O) groups is 1. The van der Waals surface area contributed by atoms with Gasteiger partial charge in [-0.3, -0.25) is 4.79 Å². The third-order valence-electron chi connectivity index (χ3n) is 3.38. The van der Waals surface area contributed by atoms with Crippen molar-refractivity contribution in [1.82, 2.24) is 4.90 Å². The van der Waals surface area contributed by atoms with Crippen LogP contribution in [0.3, 0.4) is 0 Å². The van der Waals surface area contributed by atoms with Gasteiger partial charge in [-0.2, -0.15) is 0 Å².